The third-order valence-corrected chi connectivity index (χ3v) is 4.70. The van der Waals surface area contributed by atoms with Crippen molar-refractivity contribution in [3.8, 4) is 0 Å². The topological polar surface area (TPSA) is 46.3 Å². The van der Waals surface area contributed by atoms with Gasteiger partial charge in [0.05, 0.1) is 10.4 Å². The summed E-state index contributed by atoms with van der Waals surface area (Å²) in [7, 11) is 0. The zero-order valence-corrected chi connectivity index (χ0v) is 12.4. The third-order valence-electron chi connectivity index (χ3n) is 4.31. The summed E-state index contributed by atoms with van der Waals surface area (Å²) in [6.45, 7) is 7.20. The third kappa shape index (κ3) is 2.40. The zero-order valence-electron chi connectivity index (χ0n) is 11.6. The van der Waals surface area contributed by atoms with Crippen LogP contribution in [0.5, 0.6) is 0 Å². The number of carbonyl (C=O) groups excluding carboxylic acids is 1. The molecule has 0 radical (unpaired) electrons. The minimum atomic E-state index is -0.534. The molecular formula is C14H24N2OS. The molecule has 2 fully saturated rings. The Bertz CT molecular complexity index is 357. The van der Waals surface area contributed by atoms with E-state index in [2.05, 4.69) is 20.8 Å². The Labute approximate surface area is 115 Å². The minimum absolute atomic E-state index is 0.176. The zero-order chi connectivity index (χ0) is 13.5. The van der Waals surface area contributed by atoms with Crippen LogP contribution in [0.2, 0.25) is 0 Å². The molecule has 0 spiro atoms. The lowest BCUT2D eigenvalue weighted by Gasteiger charge is -2.47. The van der Waals surface area contributed by atoms with Crippen molar-refractivity contribution in [3.05, 3.63) is 0 Å². The van der Waals surface area contributed by atoms with Gasteiger partial charge in [0.25, 0.3) is 0 Å². The van der Waals surface area contributed by atoms with Gasteiger partial charge in [0.2, 0.25) is 5.91 Å². The lowest BCUT2D eigenvalue weighted by atomic mass is 9.61. The summed E-state index contributed by atoms with van der Waals surface area (Å²) >= 11 is 5.18. The molecule has 0 unspecified atom stereocenters. The molecule has 2 N–H and O–H groups in total. The molecule has 2 aliphatic rings. The van der Waals surface area contributed by atoms with E-state index in [1.165, 1.54) is 12.8 Å². The molecule has 1 amide bonds. The van der Waals surface area contributed by atoms with Crippen LogP contribution in [-0.4, -0.2) is 28.4 Å². The Morgan fingerprint density at radius 1 is 1.44 bits per heavy atom. The van der Waals surface area contributed by atoms with Crippen LogP contribution < -0.4 is 5.73 Å². The van der Waals surface area contributed by atoms with Gasteiger partial charge in [-0.3, -0.25) is 4.79 Å². The molecule has 2 aliphatic carbocycles. The number of nitrogens with zero attached hydrogens (tertiary/aromatic N) is 1. The van der Waals surface area contributed by atoms with E-state index < -0.39 is 5.41 Å². The first-order valence-corrected chi connectivity index (χ1v) is 7.38. The highest BCUT2D eigenvalue weighted by Gasteiger charge is 2.53. The average Bonchev–Trinajstić information content (AvgIpc) is 3.03. The number of amides is 1. The Balaban J connectivity index is 2.12. The van der Waals surface area contributed by atoms with E-state index in [0.29, 0.717) is 16.8 Å². The largest absolute Gasteiger partial charge is 0.392 e. The number of hydrogen-bond donors (Lipinski definition) is 1. The molecule has 0 heterocycles. The molecule has 2 saturated carbocycles. The van der Waals surface area contributed by atoms with Crippen LogP contribution in [0.15, 0.2) is 0 Å². The normalized spacial score (nSPS) is 31.0. The Morgan fingerprint density at radius 2 is 2.00 bits per heavy atom. The molecule has 102 valence electrons. The molecule has 0 atom stereocenters. The summed E-state index contributed by atoms with van der Waals surface area (Å²) in [6.07, 6.45) is 4.17. The average molecular weight is 268 g/mol. The molecule has 4 heteroatoms. The number of carbonyl (C=O) groups is 1. The van der Waals surface area contributed by atoms with E-state index in [1.807, 2.05) is 4.90 Å². The van der Waals surface area contributed by atoms with Crippen molar-refractivity contribution < 1.29 is 4.79 Å². The van der Waals surface area contributed by atoms with E-state index in [4.69, 9.17) is 18.0 Å². The molecule has 0 aromatic rings. The number of hydrogen-bond acceptors (Lipinski definition) is 2. The summed E-state index contributed by atoms with van der Waals surface area (Å²) < 4.78 is 0. The van der Waals surface area contributed by atoms with Gasteiger partial charge >= 0.3 is 0 Å². The van der Waals surface area contributed by atoms with Crippen molar-refractivity contribution in [3.63, 3.8) is 0 Å². The van der Waals surface area contributed by atoms with Crippen molar-refractivity contribution in [2.75, 3.05) is 6.54 Å². The van der Waals surface area contributed by atoms with Crippen LogP contribution >= 0.6 is 12.2 Å². The lowest BCUT2D eigenvalue weighted by Crippen LogP contribution is -2.58. The van der Waals surface area contributed by atoms with Gasteiger partial charge in [0.1, 0.15) is 0 Å². The van der Waals surface area contributed by atoms with E-state index in [9.17, 15) is 4.79 Å². The fourth-order valence-corrected chi connectivity index (χ4v) is 3.25. The molecule has 18 heavy (non-hydrogen) atoms. The monoisotopic (exact) mass is 268 g/mol. The Hall–Kier alpha value is -0.640. The SMILES string of the molecule is CC1CC(C(=O)N(CC2CC2)C(C)C)(C(N)=S)C1. The van der Waals surface area contributed by atoms with Gasteiger partial charge in [-0.25, -0.2) is 0 Å². The summed E-state index contributed by atoms with van der Waals surface area (Å²) in [5, 5.41) is 0. The fraction of sp³-hybridized carbons (Fsp3) is 0.857. The predicted molar refractivity (Wildman–Crippen MR) is 77.2 cm³/mol. The van der Waals surface area contributed by atoms with Gasteiger partial charge in [-0.15, -0.1) is 0 Å². The highest BCUT2D eigenvalue weighted by Crippen LogP contribution is 2.47. The van der Waals surface area contributed by atoms with E-state index in [0.717, 1.165) is 19.4 Å². The first-order chi connectivity index (χ1) is 8.36. The Kier molecular flexibility index (Phi) is 3.67. The second-order valence-electron chi connectivity index (χ2n) is 6.45. The number of rotatable bonds is 5. The van der Waals surface area contributed by atoms with Gasteiger partial charge in [-0.1, -0.05) is 19.1 Å². The van der Waals surface area contributed by atoms with E-state index in [-0.39, 0.29) is 11.9 Å². The first kappa shape index (κ1) is 13.8. The maximum Gasteiger partial charge on any atom is 0.235 e. The van der Waals surface area contributed by atoms with Crippen molar-refractivity contribution in [2.24, 2.45) is 23.0 Å². The maximum absolute atomic E-state index is 12.8. The summed E-state index contributed by atoms with van der Waals surface area (Å²) in [4.78, 5) is 15.2. The smallest absolute Gasteiger partial charge is 0.235 e. The fourth-order valence-electron chi connectivity index (χ4n) is 2.99. The van der Waals surface area contributed by atoms with Gasteiger partial charge in [-0.2, -0.15) is 0 Å². The molecule has 0 bridgehead atoms. The summed E-state index contributed by atoms with van der Waals surface area (Å²) in [6, 6.07) is 0.236. The van der Waals surface area contributed by atoms with Crippen LogP contribution in [0.25, 0.3) is 0 Å². The van der Waals surface area contributed by atoms with Gasteiger partial charge < -0.3 is 10.6 Å². The number of thiocarbonyl (C=S) groups is 1. The van der Waals surface area contributed by atoms with Crippen LogP contribution in [0.3, 0.4) is 0 Å². The van der Waals surface area contributed by atoms with Gasteiger partial charge in [0.15, 0.2) is 0 Å². The van der Waals surface area contributed by atoms with Gasteiger partial charge in [-0.05, 0) is 51.4 Å². The quantitative estimate of drug-likeness (QED) is 0.779. The van der Waals surface area contributed by atoms with E-state index >= 15 is 0 Å². The van der Waals surface area contributed by atoms with E-state index in [1.54, 1.807) is 0 Å². The molecule has 0 aromatic carbocycles. The van der Waals surface area contributed by atoms with Crippen molar-refractivity contribution in [2.45, 2.75) is 52.5 Å². The Morgan fingerprint density at radius 3 is 2.33 bits per heavy atom. The number of nitrogens with two attached hydrogens (primary N) is 1. The van der Waals surface area contributed by atoms with Crippen molar-refractivity contribution in [1.29, 1.82) is 0 Å². The molecule has 3 nitrogen and oxygen atoms in total. The standard InChI is InChI=1S/C14H24N2OS/c1-9(2)16(8-11-4-5-11)13(17)14(12(15)18)6-10(3)7-14/h9-11H,4-8H2,1-3H3,(H2,15,18). The second kappa shape index (κ2) is 4.80. The molecular weight excluding hydrogens is 244 g/mol. The van der Waals surface area contributed by atoms with Crippen molar-refractivity contribution in [1.82, 2.24) is 4.90 Å². The van der Waals surface area contributed by atoms with Crippen LogP contribution in [0.4, 0.5) is 0 Å². The minimum Gasteiger partial charge on any atom is -0.392 e. The lowest BCUT2D eigenvalue weighted by molar-refractivity contribution is -0.146. The molecule has 0 aliphatic heterocycles. The van der Waals surface area contributed by atoms with Gasteiger partial charge in [0, 0.05) is 12.6 Å². The molecule has 0 saturated heterocycles. The molecule has 0 aromatic heterocycles. The van der Waals surface area contributed by atoms with Crippen LogP contribution in [-0.2, 0) is 4.79 Å². The molecule has 2 rings (SSSR count). The van der Waals surface area contributed by atoms with Crippen LogP contribution in [0.1, 0.15) is 46.5 Å². The maximum atomic E-state index is 12.8. The van der Waals surface area contributed by atoms with Crippen LogP contribution in [0, 0.1) is 17.3 Å². The summed E-state index contributed by atoms with van der Waals surface area (Å²) in [5.41, 5.74) is 5.33. The predicted octanol–water partition coefficient (Wildman–Crippen LogP) is 2.34. The van der Waals surface area contributed by atoms with Crippen molar-refractivity contribution >= 4 is 23.1 Å². The highest BCUT2D eigenvalue weighted by molar-refractivity contribution is 7.80. The summed E-state index contributed by atoms with van der Waals surface area (Å²) in [5.74, 6) is 1.44. The first-order valence-electron chi connectivity index (χ1n) is 6.98. The second-order valence-corrected chi connectivity index (χ2v) is 6.89. The highest BCUT2D eigenvalue weighted by atomic mass is 32.1.